The van der Waals surface area contributed by atoms with Gasteiger partial charge in [-0.05, 0) is 0 Å². The monoisotopic (exact) mass is 166 g/mol. The summed E-state index contributed by atoms with van der Waals surface area (Å²) in [6, 6.07) is 0. The van der Waals surface area contributed by atoms with E-state index < -0.39 is 0 Å². The van der Waals surface area contributed by atoms with Gasteiger partial charge in [0.25, 0.3) is 0 Å². The van der Waals surface area contributed by atoms with Crippen LogP contribution in [0.4, 0.5) is 0 Å². The lowest BCUT2D eigenvalue weighted by Gasteiger charge is -1.92. The van der Waals surface area contributed by atoms with E-state index in [4.69, 9.17) is 5.11 Å². The number of allylic oxidation sites excluding steroid dienone is 4. The number of aliphatic hydroxyl groups excluding tert-OH is 1. The molecule has 2 heteroatoms. The molecule has 66 valence electrons. The van der Waals surface area contributed by atoms with Crippen LogP contribution in [-0.2, 0) is 4.79 Å². The van der Waals surface area contributed by atoms with E-state index in [1.54, 1.807) is 31.2 Å². The summed E-state index contributed by atoms with van der Waals surface area (Å²) < 4.78 is 0. The molecule has 0 aromatic rings. The summed E-state index contributed by atoms with van der Waals surface area (Å²) in [7, 11) is 0. The van der Waals surface area contributed by atoms with Gasteiger partial charge < -0.3 is 5.11 Å². The molecule has 0 aliphatic rings. The molecule has 0 unspecified atom stereocenters. The van der Waals surface area contributed by atoms with Crippen molar-refractivity contribution >= 4 is 5.78 Å². The van der Waals surface area contributed by atoms with Crippen LogP contribution in [0.1, 0.15) is 13.3 Å². The molecule has 0 aliphatic heterocycles. The van der Waals surface area contributed by atoms with Crippen LogP contribution < -0.4 is 0 Å². The maximum Gasteiger partial charge on any atom is 0.162 e. The predicted molar refractivity (Wildman–Crippen MR) is 49.8 cm³/mol. The van der Waals surface area contributed by atoms with Crippen molar-refractivity contribution in [3.8, 4) is 0 Å². The largest absolute Gasteiger partial charge is 0.392 e. The van der Waals surface area contributed by atoms with Gasteiger partial charge in [0.05, 0.1) is 6.61 Å². The minimum absolute atomic E-state index is 0.0124. The number of hydrogen-bond acceptors (Lipinski definition) is 2. The topological polar surface area (TPSA) is 37.3 Å². The molecule has 0 spiro atoms. The van der Waals surface area contributed by atoms with Gasteiger partial charge in [-0.2, -0.15) is 0 Å². The minimum Gasteiger partial charge on any atom is -0.392 e. The van der Waals surface area contributed by atoms with Gasteiger partial charge in [0, 0.05) is 12.0 Å². The van der Waals surface area contributed by atoms with Gasteiger partial charge in [0.1, 0.15) is 0 Å². The fraction of sp³-hybridized carbons (Fsp3) is 0.300. The first-order valence-electron chi connectivity index (χ1n) is 3.88. The number of hydrogen-bond donors (Lipinski definition) is 1. The molecule has 0 saturated heterocycles. The Morgan fingerprint density at radius 3 is 2.67 bits per heavy atom. The third kappa shape index (κ3) is 4.63. The second-order valence-corrected chi connectivity index (χ2v) is 2.27. The lowest BCUT2D eigenvalue weighted by atomic mass is 10.1. The quantitative estimate of drug-likeness (QED) is 0.498. The molecule has 0 saturated carbocycles. The van der Waals surface area contributed by atoms with Crippen LogP contribution >= 0.6 is 0 Å². The fourth-order valence-corrected chi connectivity index (χ4v) is 0.631. The molecule has 0 bridgehead atoms. The van der Waals surface area contributed by atoms with Crippen molar-refractivity contribution in [2.24, 2.45) is 0 Å². The Hall–Kier alpha value is -1.15. The van der Waals surface area contributed by atoms with Crippen molar-refractivity contribution in [2.75, 3.05) is 6.61 Å². The second-order valence-electron chi connectivity index (χ2n) is 2.27. The molecule has 0 aromatic heterocycles. The van der Waals surface area contributed by atoms with Gasteiger partial charge >= 0.3 is 0 Å². The van der Waals surface area contributed by atoms with Gasteiger partial charge in [0.2, 0.25) is 0 Å². The fourth-order valence-electron chi connectivity index (χ4n) is 0.631. The van der Waals surface area contributed by atoms with Crippen LogP contribution in [-0.4, -0.2) is 17.5 Å². The second kappa shape index (κ2) is 6.55. The van der Waals surface area contributed by atoms with Crippen molar-refractivity contribution in [3.63, 3.8) is 0 Å². The molecule has 12 heavy (non-hydrogen) atoms. The van der Waals surface area contributed by atoms with Crippen LogP contribution in [0.2, 0.25) is 0 Å². The van der Waals surface area contributed by atoms with Crippen molar-refractivity contribution < 1.29 is 9.90 Å². The summed E-state index contributed by atoms with van der Waals surface area (Å²) in [6.45, 7) is 5.40. The molecule has 0 aliphatic carbocycles. The lowest BCUT2D eigenvalue weighted by molar-refractivity contribution is -0.114. The Balaban J connectivity index is 3.91. The van der Waals surface area contributed by atoms with E-state index >= 15 is 0 Å². The van der Waals surface area contributed by atoms with E-state index in [9.17, 15) is 4.79 Å². The third-order valence-corrected chi connectivity index (χ3v) is 1.33. The maximum atomic E-state index is 11.0. The molecule has 0 heterocycles. The normalized spacial score (nSPS) is 11.2. The number of ketones is 1. The Labute approximate surface area is 72.9 Å². The van der Waals surface area contributed by atoms with Crippen LogP contribution in [0.3, 0.4) is 0 Å². The lowest BCUT2D eigenvalue weighted by Crippen LogP contribution is -1.95. The standard InChI is InChI=1S/C10H14O2/c1-3-10(12)9(2)7-5-4-6-8-11/h4-7,11H,2-3,8H2,1H3/b6-4-,7-5-. The van der Waals surface area contributed by atoms with E-state index in [2.05, 4.69) is 6.58 Å². The van der Waals surface area contributed by atoms with Crippen molar-refractivity contribution in [2.45, 2.75) is 13.3 Å². The van der Waals surface area contributed by atoms with Gasteiger partial charge in [-0.25, -0.2) is 0 Å². The smallest absolute Gasteiger partial charge is 0.162 e. The zero-order valence-electron chi connectivity index (χ0n) is 7.29. The van der Waals surface area contributed by atoms with Crippen LogP contribution in [0.15, 0.2) is 36.5 Å². The summed E-state index contributed by atoms with van der Waals surface area (Å²) in [6.07, 6.45) is 7.06. The number of carbonyl (C=O) groups is 1. The molecule has 0 amide bonds. The summed E-state index contributed by atoms with van der Waals surface area (Å²) in [4.78, 5) is 11.0. The Bertz CT molecular complexity index is 212. The summed E-state index contributed by atoms with van der Waals surface area (Å²) in [5.41, 5.74) is 0.500. The summed E-state index contributed by atoms with van der Waals surface area (Å²) in [5, 5.41) is 8.38. The van der Waals surface area contributed by atoms with Crippen molar-refractivity contribution in [1.29, 1.82) is 0 Å². The molecular weight excluding hydrogens is 152 g/mol. The highest BCUT2D eigenvalue weighted by Crippen LogP contribution is 1.98. The number of carbonyl (C=O) groups excluding carboxylic acids is 1. The van der Waals surface area contributed by atoms with Crippen molar-refractivity contribution in [1.82, 2.24) is 0 Å². The molecule has 0 atom stereocenters. The van der Waals surface area contributed by atoms with Crippen LogP contribution in [0.25, 0.3) is 0 Å². The van der Waals surface area contributed by atoms with Gasteiger partial charge in [-0.1, -0.05) is 37.8 Å². The number of rotatable bonds is 5. The number of aliphatic hydroxyl groups is 1. The molecule has 0 aromatic carbocycles. The average Bonchev–Trinajstić information content (AvgIpc) is 2.10. The third-order valence-electron chi connectivity index (χ3n) is 1.33. The van der Waals surface area contributed by atoms with E-state index in [0.717, 1.165) is 0 Å². The first kappa shape index (κ1) is 10.8. The highest BCUT2D eigenvalue weighted by Gasteiger charge is 1.97. The Morgan fingerprint density at radius 1 is 1.50 bits per heavy atom. The van der Waals surface area contributed by atoms with E-state index in [1.807, 2.05) is 0 Å². The van der Waals surface area contributed by atoms with Gasteiger partial charge in [-0.15, -0.1) is 0 Å². The molecule has 1 N–H and O–H groups in total. The number of Topliss-reactive ketones (excluding diaryl/α,β-unsaturated/α-hetero) is 1. The molecule has 0 radical (unpaired) electrons. The van der Waals surface area contributed by atoms with Crippen molar-refractivity contribution in [3.05, 3.63) is 36.5 Å². The molecule has 2 nitrogen and oxygen atoms in total. The van der Waals surface area contributed by atoms with Crippen LogP contribution in [0.5, 0.6) is 0 Å². The highest BCUT2D eigenvalue weighted by molar-refractivity contribution is 5.97. The van der Waals surface area contributed by atoms with Crippen LogP contribution in [0, 0.1) is 0 Å². The highest BCUT2D eigenvalue weighted by atomic mass is 16.2. The zero-order valence-corrected chi connectivity index (χ0v) is 7.29. The molecule has 0 fully saturated rings. The SMILES string of the molecule is C=C(/C=C\C=C/CO)C(=O)CC. The zero-order chi connectivity index (χ0) is 9.40. The van der Waals surface area contributed by atoms with Gasteiger partial charge in [-0.3, -0.25) is 4.79 Å². The van der Waals surface area contributed by atoms with E-state index in [-0.39, 0.29) is 12.4 Å². The summed E-state index contributed by atoms with van der Waals surface area (Å²) in [5.74, 6) is 0.0450. The predicted octanol–water partition coefficient (Wildman–Crippen LogP) is 1.63. The van der Waals surface area contributed by atoms with Gasteiger partial charge in [0.15, 0.2) is 5.78 Å². The average molecular weight is 166 g/mol. The molecule has 0 rings (SSSR count). The first-order chi connectivity index (χ1) is 5.72. The Kier molecular flexibility index (Phi) is 5.93. The Morgan fingerprint density at radius 2 is 2.17 bits per heavy atom. The maximum absolute atomic E-state index is 11.0. The van der Waals surface area contributed by atoms with E-state index in [0.29, 0.717) is 12.0 Å². The van der Waals surface area contributed by atoms with E-state index in [1.165, 1.54) is 0 Å². The first-order valence-corrected chi connectivity index (χ1v) is 3.88. The molecular formula is C10H14O2. The minimum atomic E-state index is 0.0124. The summed E-state index contributed by atoms with van der Waals surface area (Å²) >= 11 is 0.